The highest BCUT2D eigenvalue weighted by molar-refractivity contribution is 6.00. The summed E-state index contributed by atoms with van der Waals surface area (Å²) in [4.78, 5) is 28.2. The Bertz CT molecular complexity index is 832. The number of benzene rings is 1. The van der Waals surface area contributed by atoms with Gasteiger partial charge in [-0.15, -0.1) is 0 Å². The maximum atomic E-state index is 12.2. The summed E-state index contributed by atoms with van der Waals surface area (Å²) in [5.74, 6) is 0.486. The fourth-order valence-corrected chi connectivity index (χ4v) is 1.84. The molecule has 1 aromatic carbocycles. The number of carbonyl (C=O) groups is 1. The molecule has 9 heteroatoms. The van der Waals surface area contributed by atoms with Crippen LogP contribution in [-0.4, -0.2) is 43.2 Å². The molecule has 0 saturated heterocycles. The van der Waals surface area contributed by atoms with Gasteiger partial charge in [0.1, 0.15) is 5.82 Å². The Balaban J connectivity index is 1.79. The minimum atomic E-state index is -0.507. The van der Waals surface area contributed by atoms with E-state index < -0.39 is 5.91 Å². The van der Waals surface area contributed by atoms with Gasteiger partial charge < -0.3 is 4.74 Å². The standard InChI is InChI=1S/C14H13N7O2/c1-8-15-13(19-14(16-8)23-2)18-12(22)11-17-10(20-21-11)9-6-4-3-5-7-9/h3-7H,1-2H3,(H,17,20,21)(H,15,16,18,19,22). The maximum absolute atomic E-state index is 12.2. The van der Waals surface area contributed by atoms with Crippen LogP contribution in [0.2, 0.25) is 0 Å². The molecule has 0 aliphatic heterocycles. The van der Waals surface area contributed by atoms with Crippen molar-refractivity contribution in [2.24, 2.45) is 0 Å². The molecule has 116 valence electrons. The summed E-state index contributed by atoms with van der Waals surface area (Å²) in [7, 11) is 1.43. The van der Waals surface area contributed by atoms with Gasteiger partial charge in [-0.3, -0.25) is 15.2 Å². The Morgan fingerprint density at radius 3 is 2.65 bits per heavy atom. The predicted octanol–water partition coefficient (Wildman–Crippen LogP) is 1.23. The number of rotatable bonds is 4. The van der Waals surface area contributed by atoms with Crippen molar-refractivity contribution >= 4 is 11.9 Å². The molecule has 0 saturated carbocycles. The van der Waals surface area contributed by atoms with Crippen LogP contribution >= 0.6 is 0 Å². The predicted molar refractivity (Wildman–Crippen MR) is 80.9 cm³/mol. The second kappa shape index (κ2) is 6.18. The molecule has 3 rings (SSSR count). The molecule has 0 fully saturated rings. The number of aryl methyl sites for hydroxylation is 1. The van der Waals surface area contributed by atoms with E-state index in [0.717, 1.165) is 5.56 Å². The minimum absolute atomic E-state index is 0.0564. The number of hydrogen-bond donors (Lipinski definition) is 2. The molecule has 2 N–H and O–H groups in total. The lowest BCUT2D eigenvalue weighted by Crippen LogP contribution is -2.17. The zero-order valence-electron chi connectivity index (χ0n) is 12.4. The second-order valence-corrected chi connectivity index (χ2v) is 4.52. The molecule has 0 unspecified atom stereocenters. The van der Waals surface area contributed by atoms with Crippen LogP contribution in [0.1, 0.15) is 16.4 Å². The number of hydrogen-bond acceptors (Lipinski definition) is 7. The van der Waals surface area contributed by atoms with Crippen molar-refractivity contribution in [2.45, 2.75) is 6.92 Å². The smallest absolute Gasteiger partial charge is 0.321 e. The van der Waals surface area contributed by atoms with Gasteiger partial charge in [0, 0.05) is 5.56 Å². The molecular formula is C14H13N7O2. The number of nitrogens with zero attached hydrogens (tertiary/aromatic N) is 5. The molecule has 3 aromatic rings. The molecule has 23 heavy (non-hydrogen) atoms. The van der Waals surface area contributed by atoms with Gasteiger partial charge in [0.25, 0.3) is 5.91 Å². The highest BCUT2D eigenvalue weighted by Crippen LogP contribution is 2.14. The molecule has 0 aliphatic rings. The van der Waals surface area contributed by atoms with Crippen molar-refractivity contribution < 1.29 is 9.53 Å². The van der Waals surface area contributed by atoms with Gasteiger partial charge in [0.05, 0.1) is 7.11 Å². The monoisotopic (exact) mass is 311 g/mol. The largest absolute Gasteiger partial charge is 0.467 e. The molecule has 2 heterocycles. The summed E-state index contributed by atoms with van der Waals surface area (Å²) in [6, 6.07) is 9.45. The quantitative estimate of drug-likeness (QED) is 0.743. The van der Waals surface area contributed by atoms with E-state index in [1.165, 1.54) is 7.11 Å². The van der Waals surface area contributed by atoms with E-state index >= 15 is 0 Å². The summed E-state index contributed by atoms with van der Waals surface area (Å²) in [6.45, 7) is 1.67. The lowest BCUT2D eigenvalue weighted by Gasteiger charge is -2.03. The van der Waals surface area contributed by atoms with Crippen molar-refractivity contribution in [3.63, 3.8) is 0 Å². The fraction of sp³-hybridized carbons (Fsp3) is 0.143. The van der Waals surface area contributed by atoms with Gasteiger partial charge in [-0.2, -0.15) is 20.1 Å². The van der Waals surface area contributed by atoms with E-state index in [9.17, 15) is 4.79 Å². The molecule has 0 bridgehead atoms. The molecule has 9 nitrogen and oxygen atoms in total. The Kier molecular flexibility index (Phi) is 3.91. The zero-order chi connectivity index (χ0) is 16.2. The third-order valence-corrected chi connectivity index (χ3v) is 2.87. The normalized spacial score (nSPS) is 10.3. The van der Waals surface area contributed by atoms with Gasteiger partial charge >= 0.3 is 6.01 Å². The van der Waals surface area contributed by atoms with Crippen molar-refractivity contribution in [3.8, 4) is 17.4 Å². The number of methoxy groups -OCH3 is 1. The van der Waals surface area contributed by atoms with Gasteiger partial charge in [-0.25, -0.2) is 4.98 Å². The summed E-state index contributed by atoms with van der Waals surface area (Å²) in [5, 5.41) is 9.14. The third-order valence-electron chi connectivity index (χ3n) is 2.87. The first-order valence-corrected chi connectivity index (χ1v) is 6.71. The van der Waals surface area contributed by atoms with Gasteiger partial charge in [0.15, 0.2) is 5.82 Å². The van der Waals surface area contributed by atoms with Crippen molar-refractivity contribution in [3.05, 3.63) is 42.0 Å². The molecule has 0 radical (unpaired) electrons. The molecule has 0 aliphatic carbocycles. The third kappa shape index (κ3) is 3.28. The van der Waals surface area contributed by atoms with Crippen LogP contribution in [0.4, 0.5) is 5.95 Å². The number of aromatic nitrogens is 6. The average Bonchev–Trinajstić information content (AvgIpc) is 3.05. The summed E-state index contributed by atoms with van der Waals surface area (Å²) < 4.78 is 4.94. The van der Waals surface area contributed by atoms with Crippen molar-refractivity contribution in [1.29, 1.82) is 0 Å². The van der Waals surface area contributed by atoms with Gasteiger partial charge in [0.2, 0.25) is 11.8 Å². The highest BCUT2D eigenvalue weighted by Gasteiger charge is 2.15. The number of anilines is 1. The molecule has 0 spiro atoms. The van der Waals surface area contributed by atoms with Crippen LogP contribution < -0.4 is 10.1 Å². The van der Waals surface area contributed by atoms with Gasteiger partial charge in [-0.1, -0.05) is 30.3 Å². The van der Waals surface area contributed by atoms with E-state index in [-0.39, 0.29) is 17.8 Å². The van der Waals surface area contributed by atoms with Crippen LogP contribution in [0.15, 0.2) is 30.3 Å². The number of aromatic amines is 1. The van der Waals surface area contributed by atoms with E-state index in [1.807, 2.05) is 30.3 Å². The zero-order valence-corrected chi connectivity index (χ0v) is 12.4. The summed E-state index contributed by atoms with van der Waals surface area (Å²) in [5.41, 5.74) is 0.806. The van der Waals surface area contributed by atoms with E-state index in [0.29, 0.717) is 11.6 Å². The van der Waals surface area contributed by atoms with E-state index in [1.54, 1.807) is 6.92 Å². The summed E-state index contributed by atoms with van der Waals surface area (Å²) in [6.07, 6.45) is 0. The Morgan fingerprint density at radius 2 is 1.91 bits per heavy atom. The molecule has 1 amide bonds. The van der Waals surface area contributed by atoms with E-state index in [2.05, 4.69) is 35.5 Å². The van der Waals surface area contributed by atoms with Crippen molar-refractivity contribution in [2.75, 3.05) is 12.4 Å². The maximum Gasteiger partial charge on any atom is 0.321 e. The Morgan fingerprint density at radius 1 is 1.13 bits per heavy atom. The number of nitrogens with one attached hydrogen (secondary N) is 2. The number of amides is 1. The number of ether oxygens (including phenoxy) is 1. The first kappa shape index (κ1) is 14.6. The topological polar surface area (TPSA) is 119 Å². The molecule has 2 aromatic heterocycles. The van der Waals surface area contributed by atoms with Crippen LogP contribution in [0.5, 0.6) is 6.01 Å². The second-order valence-electron chi connectivity index (χ2n) is 4.52. The molecule has 0 atom stereocenters. The lowest BCUT2D eigenvalue weighted by molar-refractivity contribution is 0.101. The van der Waals surface area contributed by atoms with Gasteiger partial charge in [-0.05, 0) is 6.92 Å². The fourth-order valence-electron chi connectivity index (χ4n) is 1.84. The first-order valence-electron chi connectivity index (χ1n) is 6.71. The van der Waals surface area contributed by atoms with Crippen molar-refractivity contribution in [1.82, 2.24) is 30.1 Å². The number of carbonyl (C=O) groups excluding carboxylic acids is 1. The Labute approximate surface area is 131 Å². The summed E-state index contributed by atoms with van der Waals surface area (Å²) >= 11 is 0. The Hall–Kier alpha value is -3.36. The van der Waals surface area contributed by atoms with Crippen LogP contribution in [-0.2, 0) is 0 Å². The molecular weight excluding hydrogens is 298 g/mol. The average molecular weight is 311 g/mol. The lowest BCUT2D eigenvalue weighted by atomic mass is 10.2. The van der Waals surface area contributed by atoms with Crippen LogP contribution in [0.25, 0.3) is 11.4 Å². The van der Waals surface area contributed by atoms with E-state index in [4.69, 9.17) is 4.74 Å². The first-order chi connectivity index (χ1) is 11.2. The van der Waals surface area contributed by atoms with Crippen LogP contribution in [0.3, 0.4) is 0 Å². The highest BCUT2D eigenvalue weighted by atomic mass is 16.5. The minimum Gasteiger partial charge on any atom is -0.467 e. The number of H-pyrrole nitrogens is 1. The SMILES string of the molecule is COc1nc(C)nc(NC(=O)c2nc(-c3ccccc3)n[nH]2)n1. The van der Waals surface area contributed by atoms with Crippen LogP contribution in [0, 0.1) is 6.92 Å².